The molecule has 0 bridgehead atoms. The average molecular weight is 341 g/mol. The number of carbonyl (C=O) groups is 1. The summed E-state index contributed by atoms with van der Waals surface area (Å²) in [5.74, 6) is 0.291. The highest BCUT2D eigenvalue weighted by Crippen LogP contribution is 2.18. The minimum Gasteiger partial charge on any atom is -0.427 e. The molecule has 0 aliphatic rings. The van der Waals surface area contributed by atoms with Crippen molar-refractivity contribution in [2.75, 3.05) is 0 Å². The average Bonchev–Trinajstić information content (AvgIpc) is 2.95. The van der Waals surface area contributed by atoms with Crippen LogP contribution in [-0.2, 0) is 11.2 Å². The zero-order valence-electron chi connectivity index (χ0n) is 13.3. The lowest BCUT2D eigenvalue weighted by Gasteiger charge is -2.08. The first kappa shape index (κ1) is 16.3. The fraction of sp³-hybridized carbons (Fsp3) is 0.158. The third kappa shape index (κ3) is 4.03. The number of nitrogens with zero attached hydrogens (tertiary/aromatic N) is 2. The van der Waals surface area contributed by atoms with Gasteiger partial charge in [0.1, 0.15) is 5.75 Å². The molecule has 1 heterocycles. The van der Waals surface area contributed by atoms with E-state index in [-0.39, 0.29) is 12.4 Å². The Morgan fingerprint density at radius 3 is 2.67 bits per heavy atom. The van der Waals surface area contributed by atoms with Crippen LogP contribution in [0.2, 0.25) is 5.02 Å². The van der Waals surface area contributed by atoms with Gasteiger partial charge >= 0.3 is 5.97 Å². The molecule has 0 saturated carbocycles. The molecule has 0 spiro atoms. The summed E-state index contributed by atoms with van der Waals surface area (Å²) >= 11 is 6.06. The molecule has 0 aliphatic heterocycles. The Kier molecular flexibility index (Phi) is 4.96. The molecule has 0 unspecified atom stereocenters. The van der Waals surface area contributed by atoms with Gasteiger partial charge in [-0.05, 0) is 43.3 Å². The Morgan fingerprint density at radius 1 is 1.12 bits per heavy atom. The molecule has 0 radical (unpaired) electrons. The van der Waals surface area contributed by atoms with Crippen LogP contribution in [-0.4, -0.2) is 15.7 Å². The van der Waals surface area contributed by atoms with Crippen molar-refractivity contribution in [1.29, 1.82) is 0 Å². The van der Waals surface area contributed by atoms with E-state index >= 15 is 0 Å². The summed E-state index contributed by atoms with van der Waals surface area (Å²) < 4.78 is 7.13. The predicted octanol–water partition coefficient (Wildman–Crippen LogP) is 4.37. The van der Waals surface area contributed by atoms with Crippen LogP contribution in [0, 0.1) is 6.92 Å². The Labute approximate surface area is 145 Å². The molecule has 4 nitrogen and oxygen atoms in total. The second-order valence-corrected chi connectivity index (χ2v) is 5.89. The first-order valence-electron chi connectivity index (χ1n) is 7.69. The number of benzene rings is 2. The van der Waals surface area contributed by atoms with Crippen LogP contribution < -0.4 is 4.74 Å². The SMILES string of the molecule is Cc1cc(CCC(=O)Oc2ccccc2)n(-c2cccc(Cl)c2)n1. The third-order valence-corrected chi connectivity index (χ3v) is 3.75. The van der Waals surface area contributed by atoms with Crippen LogP contribution in [0.25, 0.3) is 5.69 Å². The van der Waals surface area contributed by atoms with Gasteiger partial charge in [0.05, 0.1) is 17.8 Å². The van der Waals surface area contributed by atoms with E-state index in [1.165, 1.54) is 0 Å². The molecule has 5 heteroatoms. The Balaban J connectivity index is 1.71. The quantitative estimate of drug-likeness (QED) is 0.511. The van der Waals surface area contributed by atoms with E-state index in [0.717, 1.165) is 17.1 Å². The fourth-order valence-corrected chi connectivity index (χ4v) is 2.65. The van der Waals surface area contributed by atoms with Crippen LogP contribution in [0.4, 0.5) is 0 Å². The normalized spacial score (nSPS) is 10.6. The van der Waals surface area contributed by atoms with Crippen LogP contribution in [0.5, 0.6) is 5.75 Å². The van der Waals surface area contributed by atoms with E-state index in [2.05, 4.69) is 5.10 Å². The Morgan fingerprint density at radius 2 is 1.92 bits per heavy atom. The van der Waals surface area contributed by atoms with Gasteiger partial charge in [0.15, 0.2) is 0 Å². The topological polar surface area (TPSA) is 44.1 Å². The number of esters is 1. The molecule has 3 aromatic rings. The van der Waals surface area contributed by atoms with E-state index in [9.17, 15) is 4.79 Å². The molecule has 0 fully saturated rings. The highest BCUT2D eigenvalue weighted by Gasteiger charge is 2.11. The summed E-state index contributed by atoms with van der Waals surface area (Å²) in [6.45, 7) is 1.92. The lowest BCUT2D eigenvalue weighted by molar-refractivity contribution is -0.134. The Bertz CT molecular complexity index is 844. The maximum Gasteiger partial charge on any atom is 0.311 e. The zero-order chi connectivity index (χ0) is 16.9. The fourth-order valence-electron chi connectivity index (χ4n) is 2.46. The van der Waals surface area contributed by atoms with Crippen molar-refractivity contribution in [3.8, 4) is 11.4 Å². The molecular weight excluding hydrogens is 324 g/mol. The number of halogens is 1. The second-order valence-electron chi connectivity index (χ2n) is 5.46. The van der Waals surface area contributed by atoms with Gasteiger partial charge in [-0.3, -0.25) is 4.79 Å². The van der Waals surface area contributed by atoms with Gasteiger partial charge in [0, 0.05) is 17.1 Å². The molecule has 0 atom stereocenters. The number of aryl methyl sites for hydroxylation is 2. The summed E-state index contributed by atoms with van der Waals surface area (Å²) in [6, 6.07) is 18.5. The number of para-hydroxylation sites is 1. The van der Waals surface area contributed by atoms with E-state index in [0.29, 0.717) is 17.2 Å². The van der Waals surface area contributed by atoms with Crippen LogP contribution in [0.1, 0.15) is 17.8 Å². The van der Waals surface area contributed by atoms with Gasteiger partial charge in [-0.15, -0.1) is 0 Å². The summed E-state index contributed by atoms with van der Waals surface area (Å²) in [7, 11) is 0. The molecule has 0 saturated heterocycles. The van der Waals surface area contributed by atoms with Gasteiger partial charge in [-0.2, -0.15) is 5.10 Å². The molecule has 0 amide bonds. The third-order valence-electron chi connectivity index (χ3n) is 3.52. The molecule has 2 aromatic carbocycles. The van der Waals surface area contributed by atoms with Crippen LogP contribution >= 0.6 is 11.6 Å². The molecule has 3 rings (SSSR count). The highest BCUT2D eigenvalue weighted by molar-refractivity contribution is 6.30. The van der Waals surface area contributed by atoms with Crippen molar-refractivity contribution < 1.29 is 9.53 Å². The van der Waals surface area contributed by atoms with Gasteiger partial charge in [0.2, 0.25) is 0 Å². The smallest absolute Gasteiger partial charge is 0.311 e. The van der Waals surface area contributed by atoms with Crippen molar-refractivity contribution in [2.24, 2.45) is 0 Å². The maximum absolute atomic E-state index is 12.0. The monoisotopic (exact) mass is 340 g/mol. The van der Waals surface area contributed by atoms with Crippen LogP contribution in [0.3, 0.4) is 0 Å². The van der Waals surface area contributed by atoms with E-state index in [1.54, 1.807) is 12.1 Å². The van der Waals surface area contributed by atoms with Crippen LogP contribution in [0.15, 0.2) is 60.7 Å². The number of ether oxygens (including phenoxy) is 1. The predicted molar refractivity (Wildman–Crippen MR) is 93.7 cm³/mol. The maximum atomic E-state index is 12.0. The summed E-state index contributed by atoms with van der Waals surface area (Å²) in [6.07, 6.45) is 0.819. The lowest BCUT2D eigenvalue weighted by Crippen LogP contribution is -2.11. The number of hydrogen-bond donors (Lipinski definition) is 0. The van der Waals surface area contributed by atoms with Crippen molar-refractivity contribution in [2.45, 2.75) is 19.8 Å². The first-order chi connectivity index (χ1) is 11.6. The number of rotatable bonds is 5. The van der Waals surface area contributed by atoms with Crippen molar-refractivity contribution in [3.05, 3.63) is 77.1 Å². The first-order valence-corrected chi connectivity index (χ1v) is 8.07. The molecule has 122 valence electrons. The van der Waals surface area contributed by atoms with Gasteiger partial charge in [0.25, 0.3) is 0 Å². The second kappa shape index (κ2) is 7.32. The van der Waals surface area contributed by atoms with E-state index < -0.39 is 0 Å². The zero-order valence-corrected chi connectivity index (χ0v) is 14.0. The molecule has 0 N–H and O–H groups in total. The van der Waals surface area contributed by atoms with Crippen molar-refractivity contribution in [1.82, 2.24) is 9.78 Å². The Hall–Kier alpha value is -2.59. The number of hydrogen-bond acceptors (Lipinski definition) is 3. The molecule has 1 aromatic heterocycles. The molecule has 0 aliphatic carbocycles. The molecule has 24 heavy (non-hydrogen) atoms. The van der Waals surface area contributed by atoms with E-state index in [1.807, 2.05) is 60.1 Å². The number of carbonyl (C=O) groups excluding carboxylic acids is 1. The highest BCUT2D eigenvalue weighted by atomic mass is 35.5. The number of aromatic nitrogens is 2. The summed E-state index contributed by atoms with van der Waals surface area (Å²) in [5, 5.41) is 5.14. The van der Waals surface area contributed by atoms with Gasteiger partial charge < -0.3 is 4.74 Å². The largest absolute Gasteiger partial charge is 0.427 e. The standard InChI is InChI=1S/C19H17ClN2O2/c1-14-12-17(22(21-14)16-7-5-6-15(20)13-16)10-11-19(23)24-18-8-3-2-4-9-18/h2-9,12-13H,10-11H2,1H3. The van der Waals surface area contributed by atoms with Crippen molar-refractivity contribution >= 4 is 17.6 Å². The van der Waals surface area contributed by atoms with E-state index in [4.69, 9.17) is 16.3 Å². The summed E-state index contributed by atoms with van der Waals surface area (Å²) in [5.41, 5.74) is 2.71. The minimum absolute atomic E-state index is 0.266. The summed E-state index contributed by atoms with van der Waals surface area (Å²) in [4.78, 5) is 12.0. The van der Waals surface area contributed by atoms with Gasteiger partial charge in [-0.1, -0.05) is 35.9 Å². The van der Waals surface area contributed by atoms with Crippen molar-refractivity contribution in [3.63, 3.8) is 0 Å². The van der Waals surface area contributed by atoms with Gasteiger partial charge in [-0.25, -0.2) is 4.68 Å². The minimum atomic E-state index is -0.266. The molecular formula is C19H17ClN2O2. The lowest BCUT2D eigenvalue weighted by atomic mass is 10.2.